The summed E-state index contributed by atoms with van der Waals surface area (Å²) in [4.78, 5) is 8.65. The Labute approximate surface area is 167 Å². The number of fused-ring (bicyclic) bond motifs is 1. The van der Waals surface area contributed by atoms with E-state index in [1.807, 2.05) is 26.1 Å². The summed E-state index contributed by atoms with van der Waals surface area (Å²) < 4.78 is 11.8. The number of rotatable bonds is 7. The number of ether oxygens (including phenoxy) is 2. The Morgan fingerprint density at radius 2 is 2.18 bits per heavy atom. The van der Waals surface area contributed by atoms with Crippen LogP contribution in [0.5, 0.6) is 11.5 Å². The Morgan fingerprint density at radius 1 is 1.32 bits per heavy atom. The molecule has 6 heteroatoms. The molecule has 1 aromatic heterocycles. The first-order valence-corrected chi connectivity index (χ1v) is 9.90. The molecule has 1 atom stereocenters. The monoisotopic (exact) mass is 382 g/mol. The number of hydrogen-bond donors (Lipinski definition) is 2. The molecule has 0 saturated carbocycles. The zero-order valence-electron chi connectivity index (χ0n) is 17.2. The van der Waals surface area contributed by atoms with Crippen LogP contribution >= 0.6 is 0 Å². The molecule has 3 rings (SSSR count). The molecule has 2 aromatic rings. The van der Waals surface area contributed by atoms with E-state index in [1.54, 1.807) is 7.05 Å². The molecule has 1 unspecified atom stereocenters. The second-order valence-electron chi connectivity index (χ2n) is 7.04. The molecule has 0 aliphatic carbocycles. The molecule has 1 aliphatic heterocycles. The van der Waals surface area contributed by atoms with Crippen molar-refractivity contribution in [2.45, 2.75) is 46.3 Å². The number of nitrogens with one attached hydrogen (secondary N) is 2. The van der Waals surface area contributed by atoms with Crippen LogP contribution in [0.2, 0.25) is 0 Å². The van der Waals surface area contributed by atoms with Gasteiger partial charge in [-0.25, -0.2) is 0 Å². The van der Waals surface area contributed by atoms with E-state index in [2.05, 4.69) is 45.7 Å². The van der Waals surface area contributed by atoms with E-state index in [0.29, 0.717) is 13.2 Å². The molecule has 0 amide bonds. The lowest BCUT2D eigenvalue weighted by molar-refractivity contribution is 0.254. The van der Waals surface area contributed by atoms with Gasteiger partial charge in [-0.15, -0.1) is 0 Å². The molecule has 0 spiro atoms. The predicted octanol–water partition coefficient (Wildman–Crippen LogP) is 3.02. The molecule has 28 heavy (non-hydrogen) atoms. The van der Waals surface area contributed by atoms with E-state index in [4.69, 9.17) is 9.47 Å². The van der Waals surface area contributed by atoms with Crippen molar-refractivity contribution in [3.63, 3.8) is 0 Å². The van der Waals surface area contributed by atoms with Crippen LogP contribution < -0.4 is 20.1 Å². The lowest BCUT2D eigenvalue weighted by atomic mass is 10.1. The zero-order valence-corrected chi connectivity index (χ0v) is 17.2. The minimum atomic E-state index is 0.221. The summed E-state index contributed by atoms with van der Waals surface area (Å²) in [6.45, 7) is 8.13. The average Bonchev–Trinajstić information content (AvgIpc) is 3.05. The second kappa shape index (κ2) is 9.44. The predicted molar refractivity (Wildman–Crippen MR) is 112 cm³/mol. The molecule has 1 aromatic carbocycles. The van der Waals surface area contributed by atoms with Crippen molar-refractivity contribution >= 4 is 5.96 Å². The van der Waals surface area contributed by atoms with Crippen molar-refractivity contribution in [2.24, 2.45) is 4.99 Å². The summed E-state index contributed by atoms with van der Waals surface area (Å²) in [5.74, 6) is 2.63. The molecule has 150 valence electrons. The van der Waals surface area contributed by atoms with Gasteiger partial charge in [0.05, 0.1) is 6.61 Å². The SMILES string of the molecule is CCOc1cc2c(cc1CNC(=NC)NCCc1ccc(C)nc1)OC(C)C2. The van der Waals surface area contributed by atoms with Crippen molar-refractivity contribution in [1.29, 1.82) is 0 Å². The Hall–Kier alpha value is -2.76. The number of aryl methyl sites for hydroxylation is 1. The molecule has 2 heterocycles. The van der Waals surface area contributed by atoms with E-state index in [-0.39, 0.29) is 6.10 Å². The Bertz CT molecular complexity index is 818. The molecule has 1 aliphatic rings. The highest BCUT2D eigenvalue weighted by atomic mass is 16.5. The first-order valence-electron chi connectivity index (χ1n) is 9.90. The van der Waals surface area contributed by atoms with E-state index in [1.165, 1.54) is 11.1 Å². The summed E-state index contributed by atoms with van der Waals surface area (Å²) in [7, 11) is 1.78. The van der Waals surface area contributed by atoms with Crippen LogP contribution in [-0.2, 0) is 19.4 Å². The van der Waals surface area contributed by atoms with Gasteiger partial charge < -0.3 is 20.1 Å². The quantitative estimate of drug-likeness (QED) is 0.569. The van der Waals surface area contributed by atoms with E-state index < -0.39 is 0 Å². The molecule has 6 nitrogen and oxygen atoms in total. The zero-order chi connectivity index (χ0) is 19.9. The normalized spacial score (nSPS) is 15.7. The van der Waals surface area contributed by atoms with E-state index in [0.717, 1.165) is 48.1 Å². The number of aromatic nitrogens is 1. The van der Waals surface area contributed by atoms with Gasteiger partial charge in [0, 0.05) is 49.6 Å². The largest absolute Gasteiger partial charge is 0.494 e. The Kier molecular flexibility index (Phi) is 6.74. The highest BCUT2D eigenvalue weighted by Crippen LogP contribution is 2.35. The summed E-state index contributed by atoms with van der Waals surface area (Å²) in [5, 5.41) is 6.72. The number of hydrogen-bond acceptors (Lipinski definition) is 4. The lowest BCUT2D eigenvalue weighted by Crippen LogP contribution is -2.38. The maximum absolute atomic E-state index is 5.90. The van der Waals surface area contributed by atoms with Gasteiger partial charge in [0.15, 0.2) is 5.96 Å². The molecule has 0 radical (unpaired) electrons. The van der Waals surface area contributed by atoms with Gasteiger partial charge in [0.1, 0.15) is 17.6 Å². The summed E-state index contributed by atoms with van der Waals surface area (Å²) >= 11 is 0. The molecular weight excluding hydrogens is 352 g/mol. The fraction of sp³-hybridized carbons (Fsp3) is 0.455. The van der Waals surface area contributed by atoms with Gasteiger partial charge in [-0.2, -0.15) is 0 Å². The maximum Gasteiger partial charge on any atom is 0.191 e. The van der Waals surface area contributed by atoms with Crippen LogP contribution in [0.15, 0.2) is 35.5 Å². The van der Waals surface area contributed by atoms with Gasteiger partial charge in [-0.05, 0) is 51.0 Å². The first-order chi connectivity index (χ1) is 13.6. The Morgan fingerprint density at radius 3 is 2.89 bits per heavy atom. The minimum absolute atomic E-state index is 0.221. The third-order valence-electron chi connectivity index (χ3n) is 4.73. The minimum Gasteiger partial charge on any atom is -0.494 e. The van der Waals surface area contributed by atoms with Crippen LogP contribution in [0.4, 0.5) is 0 Å². The topological polar surface area (TPSA) is 67.8 Å². The van der Waals surface area contributed by atoms with Crippen LogP contribution in [0, 0.1) is 6.92 Å². The van der Waals surface area contributed by atoms with Gasteiger partial charge in [-0.3, -0.25) is 9.98 Å². The first kappa shape index (κ1) is 20.0. The average molecular weight is 383 g/mol. The van der Waals surface area contributed by atoms with Crippen LogP contribution in [-0.4, -0.2) is 37.2 Å². The summed E-state index contributed by atoms with van der Waals surface area (Å²) in [6, 6.07) is 8.34. The highest BCUT2D eigenvalue weighted by molar-refractivity contribution is 5.79. The number of pyridine rings is 1. The van der Waals surface area contributed by atoms with Crippen LogP contribution in [0.1, 0.15) is 36.2 Å². The van der Waals surface area contributed by atoms with Crippen molar-refractivity contribution < 1.29 is 9.47 Å². The number of benzene rings is 1. The molecular formula is C22H30N4O2. The van der Waals surface area contributed by atoms with E-state index in [9.17, 15) is 0 Å². The second-order valence-corrected chi connectivity index (χ2v) is 7.04. The molecule has 0 bridgehead atoms. The van der Waals surface area contributed by atoms with Gasteiger partial charge in [0.25, 0.3) is 0 Å². The van der Waals surface area contributed by atoms with E-state index >= 15 is 0 Å². The molecule has 0 saturated heterocycles. The lowest BCUT2D eigenvalue weighted by Gasteiger charge is -2.15. The van der Waals surface area contributed by atoms with Gasteiger partial charge in [0.2, 0.25) is 0 Å². The van der Waals surface area contributed by atoms with Crippen LogP contribution in [0.3, 0.4) is 0 Å². The van der Waals surface area contributed by atoms with Gasteiger partial charge >= 0.3 is 0 Å². The maximum atomic E-state index is 5.90. The smallest absolute Gasteiger partial charge is 0.191 e. The summed E-state index contributed by atoms with van der Waals surface area (Å²) in [5.41, 5.74) is 4.53. The number of nitrogens with zero attached hydrogens (tertiary/aromatic N) is 2. The van der Waals surface area contributed by atoms with Crippen molar-refractivity contribution in [3.8, 4) is 11.5 Å². The van der Waals surface area contributed by atoms with Crippen molar-refractivity contribution in [3.05, 3.63) is 52.8 Å². The van der Waals surface area contributed by atoms with Gasteiger partial charge in [-0.1, -0.05) is 6.07 Å². The standard InChI is InChI=1S/C22H30N4O2/c1-5-27-20-11-18-10-16(3)28-21(18)12-19(20)14-26-22(23-4)24-9-8-17-7-6-15(2)25-13-17/h6-7,11-13,16H,5,8-10,14H2,1-4H3,(H2,23,24,26). The molecule has 2 N–H and O–H groups in total. The number of guanidine groups is 1. The highest BCUT2D eigenvalue weighted by Gasteiger charge is 2.21. The van der Waals surface area contributed by atoms with Crippen LogP contribution in [0.25, 0.3) is 0 Å². The Balaban J connectivity index is 1.57. The third kappa shape index (κ3) is 5.15. The molecule has 0 fully saturated rings. The fourth-order valence-electron chi connectivity index (χ4n) is 3.28. The number of aliphatic imine (C=N–C) groups is 1. The van der Waals surface area contributed by atoms with Crippen molar-refractivity contribution in [1.82, 2.24) is 15.6 Å². The fourth-order valence-corrected chi connectivity index (χ4v) is 3.28. The van der Waals surface area contributed by atoms with Crippen molar-refractivity contribution in [2.75, 3.05) is 20.2 Å². The summed E-state index contributed by atoms with van der Waals surface area (Å²) in [6.07, 6.45) is 3.97. The third-order valence-corrected chi connectivity index (χ3v) is 4.73.